The highest BCUT2D eigenvalue weighted by atomic mass is 16.5. The number of ether oxygens (including phenoxy) is 2. The van der Waals surface area contributed by atoms with Crippen LogP contribution in [0.25, 0.3) is 0 Å². The van der Waals surface area contributed by atoms with Gasteiger partial charge in [-0.05, 0) is 6.92 Å². The van der Waals surface area contributed by atoms with Crippen LogP contribution in [0.5, 0.6) is 0 Å². The lowest BCUT2D eigenvalue weighted by molar-refractivity contribution is -0.144. The number of nitrogens with one attached hydrogen (secondary N) is 1. The normalized spacial score (nSPS) is 12.4. The summed E-state index contributed by atoms with van der Waals surface area (Å²) < 4.78 is 11.4. The highest BCUT2D eigenvalue weighted by molar-refractivity contribution is 5.73. The number of aromatic nitrogens is 2. The van der Waals surface area contributed by atoms with E-state index in [0.717, 1.165) is 12.4 Å². The molecule has 0 amide bonds. The Morgan fingerprint density at radius 3 is 3.00 bits per heavy atom. The highest BCUT2D eigenvalue weighted by Gasteiger charge is 2.17. The van der Waals surface area contributed by atoms with E-state index < -0.39 is 0 Å². The fraction of sp³-hybridized carbons (Fsp3) is 0.636. The molecule has 0 saturated carbocycles. The van der Waals surface area contributed by atoms with Gasteiger partial charge in [0.2, 0.25) is 0 Å². The molecule has 6 heteroatoms. The van der Waals surface area contributed by atoms with Crippen molar-refractivity contribution < 1.29 is 14.3 Å². The largest absolute Gasteiger partial charge is 0.467 e. The first kappa shape index (κ1) is 13.7. The SMILES string of the molecule is COCCNCc1nccn1C(C)C(=O)OC. The van der Waals surface area contributed by atoms with Gasteiger partial charge < -0.3 is 19.4 Å². The van der Waals surface area contributed by atoms with E-state index in [2.05, 4.69) is 10.3 Å². The van der Waals surface area contributed by atoms with Gasteiger partial charge in [0.15, 0.2) is 0 Å². The fourth-order valence-corrected chi connectivity index (χ4v) is 1.49. The van der Waals surface area contributed by atoms with E-state index in [4.69, 9.17) is 9.47 Å². The number of esters is 1. The molecule has 0 bridgehead atoms. The maximum absolute atomic E-state index is 11.4. The van der Waals surface area contributed by atoms with E-state index in [9.17, 15) is 4.79 Å². The molecule has 0 fully saturated rings. The Labute approximate surface area is 101 Å². The second-order valence-electron chi connectivity index (χ2n) is 3.62. The van der Waals surface area contributed by atoms with Crippen LogP contribution < -0.4 is 5.32 Å². The minimum Gasteiger partial charge on any atom is -0.467 e. The van der Waals surface area contributed by atoms with Gasteiger partial charge in [0, 0.05) is 26.0 Å². The summed E-state index contributed by atoms with van der Waals surface area (Å²) in [6.45, 7) is 3.77. The van der Waals surface area contributed by atoms with Crippen molar-refractivity contribution in [1.82, 2.24) is 14.9 Å². The van der Waals surface area contributed by atoms with Crippen molar-refractivity contribution in [2.75, 3.05) is 27.4 Å². The Bertz CT molecular complexity index is 351. The van der Waals surface area contributed by atoms with Crippen molar-refractivity contribution in [2.24, 2.45) is 0 Å². The summed E-state index contributed by atoms with van der Waals surface area (Å²) >= 11 is 0. The van der Waals surface area contributed by atoms with Crippen LogP contribution in [-0.4, -0.2) is 42.9 Å². The van der Waals surface area contributed by atoms with Gasteiger partial charge in [0.1, 0.15) is 11.9 Å². The molecule has 0 spiro atoms. The van der Waals surface area contributed by atoms with Crippen molar-refractivity contribution in [3.8, 4) is 0 Å². The van der Waals surface area contributed by atoms with Crippen molar-refractivity contribution >= 4 is 5.97 Å². The van der Waals surface area contributed by atoms with Crippen LogP contribution in [0.1, 0.15) is 18.8 Å². The van der Waals surface area contributed by atoms with E-state index in [-0.39, 0.29) is 12.0 Å². The third kappa shape index (κ3) is 3.83. The van der Waals surface area contributed by atoms with Gasteiger partial charge in [-0.3, -0.25) is 0 Å². The van der Waals surface area contributed by atoms with E-state index in [1.165, 1.54) is 7.11 Å². The van der Waals surface area contributed by atoms with Gasteiger partial charge in [-0.2, -0.15) is 0 Å². The summed E-state index contributed by atoms with van der Waals surface area (Å²) in [5.74, 6) is 0.528. The van der Waals surface area contributed by atoms with E-state index >= 15 is 0 Å². The standard InChI is InChI=1S/C11H19N3O3/c1-9(11(15)17-3)14-6-4-13-10(14)8-12-5-7-16-2/h4,6,9,12H,5,7-8H2,1-3H3. The first-order chi connectivity index (χ1) is 8.20. The first-order valence-corrected chi connectivity index (χ1v) is 5.50. The molecule has 0 aliphatic carbocycles. The fourth-order valence-electron chi connectivity index (χ4n) is 1.49. The lowest BCUT2D eigenvalue weighted by Gasteiger charge is -2.14. The van der Waals surface area contributed by atoms with Crippen LogP contribution in [0, 0.1) is 0 Å². The molecule has 17 heavy (non-hydrogen) atoms. The van der Waals surface area contributed by atoms with Gasteiger partial charge in [-0.15, -0.1) is 0 Å². The number of imidazole rings is 1. The minimum atomic E-state index is -0.360. The van der Waals surface area contributed by atoms with Crippen molar-refractivity contribution in [3.05, 3.63) is 18.2 Å². The van der Waals surface area contributed by atoms with Crippen LogP contribution in [-0.2, 0) is 20.8 Å². The second-order valence-corrected chi connectivity index (χ2v) is 3.62. The van der Waals surface area contributed by atoms with Crippen LogP contribution in [0.3, 0.4) is 0 Å². The molecular weight excluding hydrogens is 222 g/mol. The molecule has 1 rings (SSSR count). The molecule has 1 aromatic heterocycles. The molecule has 1 heterocycles. The lowest BCUT2D eigenvalue weighted by Crippen LogP contribution is -2.24. The van der Waals surface area contributed by atoms with Gasteiger partial charge in [-0.1, -0.05) is 0 Å². The van der Waals surface area contributed by atoms with Crippen LogP contribution in [0.4, 0.5) is 0 Å². The van der Waals surface area contributed by atoms with Crippen molar-refractivity contribution in [2.45, 2.75) is 19.5 Å². The quantitative estimate of drug-likeness (QED) is 0.551. The predicted octanol–water partition coefficient (Wildman–Crippen LogP) is 0.353. The Morgan fingerprint density at radius 2 is 2.35 bits per heavy atom. The highest BCUT2D eigenvalue weighted by Crippen LogP contribution is 2.10. The minimum absolute atomic E-state index is 0.277. The van der Waals surface area contributed by atoms with Crippen LogP contribution >= 0.6 is 0 Å². The number of hydrogen-bond donors (Lipinski definition) is 1. The zero-order valence-corrected chi connectivity index (χ0v) is 10.5. The smallest absolute Gasteiger partial charge is 0.328 e. The molecule has 1 unspecified atom stereocenters. The number of carbonyl (C=O) groups is 1. The summed E-state index contributed by atoms with van der Waals surface area (Å²) in [5.41, 5.74) is 0. The third-order valence-electron chi connectivity index (χ3n) is 2.47. The average molecular weight is 241 g/mol. The Hall–Kier alpha value is -1.40. The number of carbonyl (C=O) groups excluding carboxylic acids is 1. The summed E-state index contributed by atoms with van der Waals surface area (Å²) in [4.78, 5) is 15.6. The first-order valence-electron chi connectivity index (χ1n) is 5.50. The Morgan fingerprint density at radius 1 is 1.59 bits per heavy atom. The van der Waals surface area contributed by atoms with Gasteiger partial charge in [0.25, 0.3) is 0 Å². The molecule has 0 aliphatic rings. The van der Waals surface area contributed by atoms with Gasteiger partial charge in [-0.25, -0.2) is 9.78 Å². The summed E-state index contributed by atoms with van der Waals surface area (Å²) in [6, 6.07) is -0.360. The topological polar surface area (TPSA) is 65.4 Å². The predicted molar refractivity (Wildman–Crippen MR) is 62.5 cm³/mol. The third-order valence-corrected chi connectivity index (χ3v) is 2.47. The molecule has 0 aromatic carbocycles. The molecule has 1 aromatic rings. The summed E-state index contributed by atoms with van der Waals surface area (Å²) in [5, 5.41) is 3.18. The van der Waals surface area contributed by atoms with Gasteiger partial charge in [0.05, 0.1) is 20.3 Å². The van der Waals surface area contributed by atoms with E-state index in [1.54, 1.807) is 31.0 Å². The lowest BCUT2D eigenvalue weighted by atomic mass is 10.3. The molecule has 6 nitrogen and oxygen atoms in total. The van der Waals surface area contributed by atoms with Crippen LogP contribution in [0.15, 0.2) is 12.4 Å². The number of hydrogen-bond acceptors (Lipinski definition) is 5. The molecule has 1 N–H and O–H groups in total. The average Bonchev–Trinajstić information content (AvgIpc) is 2.81. The monoisotopic (exact) mass is 241 g/mol. The zero-order valence-electron chi connectivity index (χ0n) is 10.5. The Balaban J connectivity index is 2.56. The summed E-state index contributed by atoms with van der Waals surface area (Å²) in [7, 11) is 3.04. The molecular formula is C11H19N3O3. The van der Waals surface area contributed by atoms with Gasteiger partial charge >= 0.3 is 5.97 Å². The van der Waals surface area contributed by atoms with Crippen LogP contribution in [0.2, 0.25) is 0 Å². The maximum Gasteiger partial charge on any atom is 0.328 e. The summed E-state index contributed by atoms with van der Waals surface area (Å²) in [6.07, 6.45) is 3.45. The Kier molecular flexibility index (Phi) is 5.65. The number of rotatable bonds is 7. The molecule has 0 aliphatic heterocycles. The van der Waals surface area contributed by atoms with Crippen molar-refractivity contribution in [3.63, 3.8) is 0 Å². The van der Waals surface area contributed by atoms with Crippen molar-refractivity contribution in [1.29, 1.82) is 0 Å². The zero-order chi connectivity index (χ0) is 12.7. The maximum atomic E-state index is 11.4. The van der Waals surface area contributed by atoms with E-state index in [0.29, 0.717) is 13.2 Å². The molecule has 96 valence electrons. The number of nitrogens with zero attached hydrogens (tertiary/aromatic N) is 2. The molecule has 1 atom stereocenters. The van der Waals surface area contributed by atoms with E-state index in [1.807, 2.05) is 0 Å². The number of methoxy groups -OCH3 is 2. The molecule has 0 saturated heterocycles. The second kappa shape index (κ2) is 7.03. The molecule has 0 radical (unpaired) electrons.